The number of carbonyl (C=O) groups is 1. The van der Waals surface area contributed by atoms with E-state index in [1.807, 2.05) is 6.92 Å². The minimum absolute atomic E-state index is 0.125. The largest absolute Gasteiger partial charge is 0.495 e. The zero-order valence-corrected chi connectivity index (χ0v) is 14.3. The standard InChI is InChI=1S/C14H11BrCl2N2O2/c1-7-3-11(12(21-2)5-10(7)16)19-14(20)9-4-8(15)6-18-13(9)17/h3-6H,1-2H3,(H,19,20). The topological polar surface area (TPSA) is 51.2 Å². The number of benzene rings is 1. The van der Waals surface area contributed by atoms with Crippen LogP contribution in [0.5, 0.6) is 5.75 Å². The van der Waals surface area contributed by atoms with E-state index in [1.165, 1.54) is 13.3 Å². The van der Waals surface area contributed by atoms with Crippen molar-refractivity contribution in [3.05, 3.63) is 50.2 Å². The third kappa shape index (κ3) is 3.67. The molecule has 1 aromatic carbocycles. The summed E-state index contributed by atoms with van der Waals surface area (Å²) in [6.45, 7) is 1.84. The predicted octanol–water partition coefficient (Wildman–Crippen LogP) is 4.72. The van der Waals surface area contributed by atoms with E-state index in [0.717, 1.165) is 5.56 Å². The molecule has 0 fully saturated rings. The molecule has 1 aromatic heterocycles. The van der Waals surface area contributed by atoms with Gasteiger partial charge in [-0.15, -0.1) is 0 Å². The molecular formula is C14H11BrCl2N2O2. The first-order chi connectivity index (χ1) is 9.92. The molecule has 0 radical (unpaired) electrons. The van der Waals surface area contributed by atoms with Crippen LogP contribution in [-0.4, -0.2) is 18.0 Å². The second-order valence-electron chi connectivity index (χ2n) is 4.25. The van der Waals surface area contributed by atoms with Gasteiger partial charge in [-0.25, -0.2) is 4.98 Å². The Bertz CT molecular complexity index is 708. The maximum Gasteiger partial charge on any atom is 0.258 e. The van der Waals surface area contributed by atoms with Crippen molar-refractivity contribution in [2.24, 2.45) is 0 Å². The van der Waals surface area contributed by atoms with Gasteiger partial charge in [0.2, 0.25) is 0 Å². The van der Waals surface area contributed by atoms with Crippen LogP contribution in [0.1, 0.15) is 15.9 Å². The number of amides is 1. The van der Waals surface area contributed by atoms with Gasteiger partial charge in [0.1, 0.15) is 10.9 Å². The van der Waals surface area contributed by atoms with Crippen LogP contribution in [0.2, 0.25) is 10.2 Å². The highest BCUT2D eigenvalue weighted by Gasteiger charge is 2.15. The number of hydrogen-bond donors (Lipinski definition) is 1. The Labute approximate surface area is 140 Å². The van der Waals surface area contributed by atoms with Gasteiger partial charge in [-0.2, -0.15) is 0 Å². The predicted molar refractivity (Wildman–Crippen MR) is 87.6 cm³/mol. The number of hydrogen-bond acceptors (Lipinski definition) is 3. The van der Waals surface area contributed by atoms with Crippen molar-refractivity contribution in [1.82, 2.24) is 4.98 Å². The van der Waals surface area contributed by atoms with Crippen molar-refractivity contribution >= 4 is 50.7 Å². The number of methoxy groups -OCH3 is 1. The maximum absolute atomic E-state index is 12.3. The average molecular weight is 390 g/mol. The van der Waals surface area contributed by atoms with E-state index in [0.29, 0.717) is 20.9 Å². The number of carbonyl (C=O) groups excluding carboxylic acids is 1. The first kappa shape index (κ1) is 16.1. The minimum atomic E-state index is -0.381. The molecular weight excluding hydrogens is 379 g/mol. The fraction of sp³-hybridized carbons (Fsp3) is 0.143. The zero-order valence-electron chi connectivity index (χ0n) is 11.2. The van der Waals surface area contributed by atoms with Crippen LogP contribution in [0.25, 0.3) is 0 Å². The highest BCUT2D eigenvalue weighted by atomic mass is 79.9. The molecule has 2 aromatic rings. The van der Waals surface area contributed by atoms with Crippen LogP contribution in [0.15, 0.2) is 28.9 Å². The van der Waals surface area contributed by atoms with Gasteiger partial charge in [-0.05, 0) is 40.5 Å². The Hall–Kier alpha value is -1.30. The smallest absolute Gasteiger partial charge is 0.258 e. The van der Waals surface area contributed by atoms with Crippen molar-refractivity contribution in [2.45, 2.75) is 6.92 Å². The lowest BCUT2D eigenvalue weighted by molar-refractivity contribution is 0.102. The van der Waals surface area contributed by atoms with Gasteiger partial charge >= 0.3 is 0 Å². The number of ether oxygens (including phenoxy) is 1. The highest BCUT2D eigenvalue weighted by molar-refractivity contribution is 9.10. The lowest BCUT2D eigenvalue weighted by atomic mass is 10.2. The number of nitrogens with zero attached hydrogens (tertiary/aromatic N) is 1. The van der Waals surface area contributed by atoms with Crippen LogP contribution in [-0.2, 0) is 0 Å². The Morgan fingerprint density at radius 1 is 1.33 bits per heavy atom. The van der Waals surface area contributed by atoms with Gasteiger partial charge in [0.25, 0.3) is 5.91 Å². The highest BCUT2D eigenvalue weighted by Crippen LogP contribution is 2.31. The molecule has 0 unspecified atom stereocenters. The van der Waals surface area contributed by atoms with Gasteiger partial charge < -0.3 is 10.1 Å². The van der Waals surface area contributed by atoms with Gasteiger partial charge in [0.05, 0.1) is 18.4 Å². The normalized spacial score (nSPS) is 10.3. The monoisotopic (exact) mass is 388 g/mol. The Kier molecular flexibility index (Phi) is 5.08. The quantitative estimate of drug-likeness (QED) is 0.772. The summed E-state index contributed by atoms with van der Waals surface area (Å²) >= 11 is 15.2. The molecule has 1 amide bonds. The molecule has 21 heavy (non-hydrogen) atoms. The number of aromatic nitrogens is 1. The minimum Gasteiger partial charge on any atom is -0.495 e. The maximum atomic E-state index is 12.3. The van der Waals surface area contributed by atoms with Crippen LogP contribution < -0.4 is 10.1 Å². The summed E-state index contributed by atoms with van der Waals surface area (Å²) in [5, 5.41) is 3.43. The molecule has 0 atom stereocenters. The Morgan fingerprint density at radius 2 is 2.05 bits per heavy atom. The molecule has 0 saturated heterocycles. The van der Waals surface area contributed by atoms with Crippen LogP contribution >= 0.6 is 39.1 Å². The lowest BCUT2D eigenvalue weighted by Gasteiger charge is -2.12. The van der Waals surface area contributed by atoms with Crippen molar-refractivity contribution in [3.63, 3.8) is 0 Å². The molecule has 0 aliphatic rings. The number of pyridine rings is 1. The van der Waals surface area contributed by atoms with Gasteiger partial charge in [-0.3, -0.25) is 4.79 Å². The summed E-state index contributed by atoms with van der Waals surface area (Å²) in [5.41, 5.74) is 1.60. The summed E-state index contributed by atoms with van der Waals surface area (Å²) in [5.74, 6) is 0.0897. The van der Waals surface area contributed by atoms with Gasteiger partial charge in [0.15, 0.2) is 0 Å². The third-order valence-electron chi connectivity index (χ3n) is 2.78. The molecule has 2 rings (SSSR count). The summed E-state index contributed by atoms with van der Waals surface area (Å²) in [4.78, 5) is 16.2. The lowest BCUT2D eigenvalue weighted by Crippen LogP contribution is -2.14. The molecule has 0 aliphatic carbocycles. The second kappa shape index (κ2) is 6.64. The Balaban J connectivity index is 2.35. The van der Waals surface area contributed by atoms with Crippen LogP contribution in [0, 0.1) is 6.92 Å². The van der Waals surface area contributed by atoms with Crippen molar-refractivity contribution in [1.29, 1.82) is 0 Å². The first-order valence-corrected chi connectivity index (χ1v) is 7.43. The van der Waals surface area contributed by atoms with E-state index in [4.69, 9.17) is 27.9 Å². The van der Waals surface area contributed by atoms with Crippen molar-refractivity contribution in [2.75, 3.05) is 12.4 Å². The SMILES string of the molecule is COc1cc(Cl)c(C)cc1NC(=O)c1cc(Br)cnc1Cl. The molecule has 4 nitrogen and oxygen atoms in total. The van der Waals surface area contributed by atoms with E-state index < -0.39 is 0 Å². The second-order valence-corrected chi connectivity index (χ2v) is 5.93. The summed E-state index contributed by atoms with van der Waals surface area (Å²) in [6.07, 6.45) is 1.52. The number of rotatable bonds is 3. The summed E-state index contributed by atoms with van der Waals surface area (Å²) < 4.78 is 5.88. The average Bonchev–Trinajstić information content (AvgIpc) is 2.45. The van der Waals surface area contributed by atoms with E-state index in [-0.39, 0.29) is 16.6 Å². The first-order valence-electron chi connectivity index (χ1n) is 5.89. The number of halogens is 3. The fourth-order valence-electron chi connectivity index (χ4n) is 1.70. The third-order valence-corrected chi connectivity index (χ3v) is 3.92. The molecule has 0 spiro atoms. The molecule has 7 heteroatoms. The summed E-state index contributed by atoms with van der Waals surface area (Å²) in [7, 11) is 1.50. The molecule has 0 aliphatic heterocycles. The molecule has 110 valence electrons. The number of aryl methyl sites for hydroxylation is 1. The fourth-order valence-corrected chi connectivity index (χ4v) is 2.38. The van der Waals surface area contributed by atoms with E-state index >= 15 is 0 Å². The number of nitrogens with one attached hydrogen (secondary N) is 1. The van der Waals surface area contributed by atoms with Crippen molar-refractivity contribution < 1.29 is 9.53 Å². The van der Waals surface area contributed by atoms with Gasteiger partial charge in [-0.1, -0.05) is 23.2 Å². The molecule has 1 heterocycles. The molecule has 1 N–H and O–H groups in total. The van der Waals surface area contributed by atoms with E-state index in [9.17, 15) is 4.79 Å². The van der Waals surface area contributed by atoms with Crippen molar-refractivity contribution in [3.8, 4) is 5.75 Å². The molecule has 0 saturated carbocycles. The molecule has 0 bridgehead atoms. The zero-order chi connectivity index (χ0) is 15.6. The van der Waals surface area contributed by atoms with Crippen LogP contribution in [0.4, 0.5) is 5.69 Å². The van der Waals surface area contributed by atoms with Gasteiger partial charge in [0, 0.05) is 21.8 Å². The van der Waals surface area contributed by atoms with E-state index in [1.54, 1.807) is 18.2 Å². The Morgan fingerprint density at radius 3 is 2.71 bits per heavy atom. The van der Waals surface area contributed by atoms with Crippen LogP contribution in [0.3, 0.4) is 0 Å². The number of anilines is 1. The summed E-state index contributed by atoms with van der Waals surface area (Å²) in [6, 6.07) is 4.98. The van der Waals surface area contributed by atoms with E-state index in [2.05, 4.69) is 26.2 Å².